The fourth-order valence-electron chi connectivity index (χ4n) is 2.53. The second kappa shape index (κ2) is 6.87. The first-order valence-corrected chi connectivity index (χ1v) is 7.17. The third-order valence-electron chi connectivity index (χ3n) is 4.03. The number of nitrogens with one attached hydrogen (secondary N) is 1. The van der Waals surface area contributed by atoms with Crippen molar-refractivity contribution in [2.45, 2.75) is 32.9 Å². The van der Waals surface area contributed by atoms with E-state index in [0.717, 1.165) is 32.1 Å². The second-order valence-corrected chi connectivity index (χ2v) is 5.39. The first-order chi connectivity index (χ1) is 9.22. The van der Waals surface area contributed by atoms with Gasteiger partial charge in [-0.2, -0.15) is 0 Å². The van der Waals surface area contributed by atoms with E-state index in [-0.39, 0.29) is 0 Å². The van der Waals surface area contributed by atoms with Crippen molar-refractivity contribution in [3.8, 4) is 5.88 Å². The number of piperazine rings is 1. The second-order valence-electron chi connectivity index (χ2n) is 5.39. The van der Waals surface area contributed by atoms with Crippen LogP contribution < -0.4 is 10.1 Å². The van der Waals surface area contributed by atoms with Crippen LogP contribution in [0.3, 0.4) is 0 Å². The van der Waals surface area contributed by atoms with Crippen LogP contribution in [0.15, 0.2) is 18.3 Å². The molecule has 0 radical (unpaired) electrons. The molecule has 1 aromatic heterocycles. The largest absolute Gasteiger partial charge is 0.481 e. The van der Waals surface area contributed by atoms with E-state index < -0.39 is 0 Å². The zero-order valence-corrected chi connectivity index (χ0v) is 12.2. The van der Waals surface area contributed by atoms with Gasteiger partial charge in [0, 0.05) is 44.5 Å². The first kappa shape index (κ1) is 14.3. The highest BCUT2D eigenvalue weighted by molar-refractivity contribution is 5.17. The Labute approximate surface area is 116 Å². The summed E-state index contributed by atoms with van der Waals surface area (Å²) in [5.41, 5.74) is 1.26. The van der Waals surface area contributed by atoms with Gasteiger partial charge in [0.05, 0.1) is 7.11 Å². The highest BCUT2D eigenvalue weighted by Crippen LogP contribution is 2.15. The average Bonchev–Trinajstić information content (AvgIpc) is 2.47. The van der Waals surface area contributed by atoms with Crippen LogP contribution in [0.2, 0.25) is 0 Å². The SMILES string of the molecule is CCC(C)C1CN(Cc2ccc(OC)nc2)CCN1. The molecule has 2 atom stereocenters. The Hall–Kier alpha value is -1.13. The third kappa shape index (κ3) is 3.91. The Morgan fingerprint density at radius 1 is 1.53 bits per heavy atom. The van der Waals surface area contributed by atoms with Gasteiger partial charge in [0.2, 0.25) is 5.88 Å². The van der Waals surface area contributed by atoms with Crippen LogP contribution >= 0.6 is 0 Å². The van der Waals surface area contributed by atoms with Crippen LogP contribution in [0.1, 0.15) is 25.8 Å². The Kier molecular flexibility index (Phi) is 5.16. The first-order valence-electron chi connectivity index (χ1n) is 7.17. The molecule has 19 heavy (non-hydrogen) atoms. The number of hydrogen-bond acceptors (Lipinski definition) is 4. The van der Waals surface area contributed by atoms with Crippen LogP contribution in [0, 0.1) is 5.92 Å². The molecule has 0 amide bonds. The number of ether oxygens (including phenoxy) is 1. The van der Waals surface area contributed by atoms with E-state index in [1.165, 1.54) is 12.0 Å². The molecule has 4 heteroatoms. The molecule has 0 spiro atoms. The summed E-state index contributed by atoms with van der Waals surface area (Å²) in [6.07, 6.45) is 3.15. The molecule has 1 aromatic rings. The van der Waals surface area contributed by atoms with Gasteiger partial charge in [-0.25, -0.2) is 4.98 Å². The zero-order chi connectivity index (χ0) is 13.7. The van der Waals surface area contributed by atoms with Gasteiger partial charge in [-0.3, -0.25) is 4.90 Å². The Morgan fingerprint density at radius 3 is 3.00 bits per heavy atom. The number of rotatable bonds is 5. The Morgan fingerprint density at radius 2 is 2.37 bits per heavy atom. The molecular formula is C15H25N3O. The minimum atomic E-state index is 0.616. The predicted octanol–water partition coefficient (Wildman–Crippen LogP) is 1.91. The van der Waals surface area contributed by atoms with E-state index in [0.29, 0.717) is 11.9 Å². The summed E-state index contributed by atoms with van der Waals surface area (Å²) >= 11 is 0. The highest BCUT2D eigenvalue weighted by Gasteiger charge is 2.23. The highest BCUT2D eigenvalue weighted by atomic mass is 16.5. The Balaban J connectivity index is 1.90. The Bertz CT molecular complexity index is 379. The molecule has 2 rings (SSSR count). The van der Waals surface area contributed by atoms with E-state index in [9.17, 15) is 0 Å². The fraction of sp³-hybridized carbons (Fsp3) is 0.667. The molecule has 0 bridgehead atoms. The van der Waals surface area contributed by atoms with Gasteiger partial charge < -0.3 is 10.1 Å². The smallest absolute Gasteiger partial charge is 0.212 e. The maximum absolute atomic E-state index is 5.09. The molecule has 1 saturated heterocycles. The van der Waals surface area contributed by atoms with Crippen molar-refractivity contribution in [1.82, 2.24) is 15.2 Å². The standard InChI is InChI=1S/C15H25N3O/c1-4-12(2)14-11-18(8-7-16-14)10-13-5-6-15(19-3)17-9-13/h5-6,9,12,14,16H,4,7-8,10-11H2,1-3H3. The minimum Gasteiger partial charge on any atom is -0.481 e. The average molecular weight is 263 g/mol. The van der Waals surface area contributed by atoms with Gasteiger partial charge in [0.25, 0.3) is 0 Å². The number of hydrogen-bond donors (Lipinski definition) is 1. The van der Waals surface area contributed by atoms with Gasteiger partial charge in [0.15, 0.2) is 0 Å². The van der Waals surface area contributed by atoms with E-state index in [2.05, 4.69) is 35.1 Å². The number of pyridine rings is 1. The number of aromatic nitrogens is 1. The van der Waals surface area contributed by atoms with Crippen molar-refractivity contribution < 1.29 is 4.74 Å². The normalized spacial score (nSPS) is 22.2. The minimum absolute atomic E-state index is 0.616. The summed E-state index contributed by atoms with van der Waals surface area (Å²) in [5, 5.41) is 3.63. The summed E-state index contributed by atoms with van der Waals surface area (Å²) in [5.74, 6) is 1.42. The molecule has 4 nitrogen and oxygen atoms in total. The zero-order valence-electron chi connectivity index (χ0n) is 12.2. The number of methoxy groups -OCH3 is 1. The molecule has 0 saturated carbocycles. The molecule has 1 N–H and O–H groups in total. The van der Waals surface area contributed by atoms with Gasteiger partial charge in [0.1, 0.15) is 0 Å². The quantitative estimate of drug-likeness (QED) is 0.880. The summed E-state index contributed by atoms with van der Waals surface area (Å²) < 4.78 is 5.09. The van der Waals surface area contributed by atoms with Crippen LogP contribution in [0.25, 0.3) is 0 Å². The molecule has 2 heterocycles. The molecule has 1 aliphatic heterocycles. The van der Waals surface area contributed by atoms with E-state index >= 15 is 0 Å². The van der Waals surface area contributed by atoms with Gasteiger partial charge in [-0.1, -0.05) is 26.3 Å². The van der Waals surface area contributed by atoms with Crippen molar-refractivity contribution in [2.75, 3.05) is 26.7 Å². The number of nitrogens with zero attached hydrogens (tertiary/aromatic N) is 2. The lowest BCUT2D eigenvalue weighted by molar-refractivity contribution is 0.162. The fourth-order valence-corrected chi connectivity index (χ4v) is 2.53. The van der Waals surface area contributed by atoms with E-state index in [1.807, 2.05) is 12.3 Å². The van der Waals surface area contributed by atoms with E-state index in [4.69, 9.17) is 4.74 Å². The van der Waals surface area contributed by atoms with E-state index in [1.54, 1.807) is 7.11 Å². The lowest BCUT2D eigenvalue weighted by atomic mass is 9.97. The van der Waals surface area contributed by atoms with Crippen LogP contribution in [0.4, 0.5) is 0 Å². The molecule has 1 fully saturated rings. The van der Waals surface area contributed by atoms with Gasteiger partial charge in [-0.15, -0.1) is 0 Å². The third-order valence-corrected chi connectivity index (χ3v) is 4.03. The van der Waals surface area contributed by atoms with Crippen molar-refractivity contribution in [1.29, 1.82) is 0 Å². The molecular weight excluding hydrogens is 238 g/mol. The van der Waals surface area contributed by atoms with Gasteiger partial charge >= 0.3 is 0 Å². The lowest BCUT2D eigenvalue weighted by Crippen LogP contribution is -2.52. The monoisotopic (exact) mass is 263 g/mol. The molecule has 106 valence electrons. The maximum Gasteiger partial charge on any atom is 0.212 e. The maximum atomic E-state index is 5.09. The van der Waals surface area contributed by atoms with Crippen molar-refractivity contribution >= 4 is 0 Å². The summed E-state index contributed by atoms with van der Waals surface area (Å²) in [4.78, 5) is 6.78. The van der Waals surface area contributed by atoms with Crippen molar-refractivity contribution in [3.63, 3.8) is 0 Å². The van der Waals surface area contributed by atoms with Crippen molar-refractivity contribution in [3.05, 3.63) is 23.9 Å². The molecule has 1 aliphatic rings. The summed E-state index contributed by atoms with van der Waals surface area (Å²) in [7, 11) is 1.65. The van der Waals surface area contributed by atoms with Crippen LogP contribution in [-0.2, 0) is 6.54 Å². The predicted molar refractivity (Wildman–Crippen MR) is 77.3 cm³/mol. The molecule has 0 aromatic carbocycles. The molecule has 2 unspecified atom stereocenters. The summed E-state index contributed by atoms with van der Waals surface area (Å²) in [6, 6.07) is 4.65. The van der Waals surface area contributed by atoms with Crippen LogP contribution in [-0.4, -0.2) is 42.7 Å². The van der Waals surface area contributed by atoms with Crippen LogP contribution in [0.5, 0.6) is 5.88 Å². The summed E-state index contributed by atoms with van der Waals surface area (Å²) in [6.45, 7) is 8.89. The molecule has 0 aliphatic carbocycles. The van der Waals surface area contributed by atoms with Crippen molar-refractivity contribution in [2.24, 2.45) is 5.92 Å². The topological polar surface area (TPSA) is 37.4 Å². The lowest BCUT2D eigenvalue weighted by Gasteiger charge is -2.36. The van der Waals surface area contributed by atoms with Gasteiger partial charge in [-0.05, 0) is 11.5 Å².